The standard InChI is InChI=1S/C11H22O5S/c1-3-4-7-16-17(13,14)11(5-6-11)8-10(12)9-15-2/h10,12H,3-9H2,1-2H3/t10-/m0/s1. The quantitative estimate of drug-likeness (QED) is 0.499. The topological polar surface area (TPSA) is 72.8 Å². The van der Waals surface area contributed by atoms with Gasteiger partial charge in [0.15, 0.2) is 0 Å². The first-order chi connectivity index (χ1) is 7.97. The molecule has 0 amide bonds. The van der Waals surface area contributed by atoms with Crippen LogP contribution in [-0.2, 0) is 19.0 Å². The Kier molecular flexibility index (Phi) is 5.37. The van der Waals surface area contributed by atoms with E-state index in [1.807, 2.05) is 6.92 Å². The van der Waals surface area contributed by atoms with Crippen LogP contribution >= 0.6 is 0 Å². The molecule has 0 bridgehead atoms. The van der Waals surface area contributed by atoms with Crippen LogP contribution in [0.25, 0.3) is 0 Å². The number of rotatable bonds is 9. The molecular formula is C11H22O5S. The molecule has 0 unspecified atom stereocenters. The largest absolute Gasteiger partial charge is 0.391 e. The molecule has 0 spiro atoms. The molecule has 6 heteroatoms. The normalized spacial score (nSPS) is 20.2. The summed E-state index contributed by atoms with van der Waals surface area (Å²) in [7, 11) is -2.07. The van der Waals surface area contributed by atoms with Crippen LogP contribution in [0.5, 0.6) is 0 Å². The summed E-state index contributed by atoms with van der Waals surface area (Å²) in [6.07, 6.45) is 2.23. The highest BCUT2D eigenvalue weighted by Crippen LogP contribution is 2.48. The lowest BCUT2D eigenvalue weighted by atomic mass is 10.2. The second kappa shape index (κ2) is 6.13. The molecule has 1 atom stereocenters. The highest BCUT2D eigenvalue weighted by Gasteiger charge is 2.56. The van der Waals surface area contributed by atoms with Crippen LogP contribution in [0.3, 0.4) is 0 Å². The van der Waals surface area contributed by atoms with E-state index in [9.17, 15) is 13.5 Å². The Morgan fingerprint density at radius 1 is 1.41 bits per heavy atom. The zero-order chi connectivity index (χ0) is 12.9. The third kappa shape index (κ3) is 3.91. The zero-order valence-corrected chi connectivity index (χ0v) is 11.3. The number of methoxy groups -OCH3 is 1. The summed E-state index contributed by atoms with van der Waals surface area (Å²) in [4.78, 5) is 0. The number of hydrogen-bond donors (Lipinski definition) is 1. The monoisotopic (exact) mass is 266 g/mol. The fourth-order valence-electron chi connectivity index (χ4n) is 1.81. The Labute approximate surface area is 103 Å². The summed E-state index contributed by atoms with van der Waals surface area (Å²) in [5, 5.41) is 9.61. The molecule has 1 saturated carbocycles. The summed E-state index contributed by atoms with van der Waals surface area (Å²) in [6, 6.07) is 0. The van der Waals surface area contributed by atoms with Crippen LogP contribution in [0, 0.1) is 0 Å². The zero-order valence-electron chi connectivity index (χ0n) is 10.5. The summed E-state index contributed by atoms with van der Waals surface area (Å²) in [5.74, 6) is 0. The van der Waals surface area contributed by atoms with Gasteiger partial charge in [-0.15, -0.1) is 0 Å². The summed E-state index contributed by atoms with van der Waals surface area (Å²) < 4.78 is 32.8. The second-order valence-corrected chi connectivity index (χ2v) is 6.64. The van der Waals surface area contributed by atoms with Gasteiger partial charge in [0.1, 0.15) is 4.75 Å². The van der Waals surface area contributed by atoms with Crippen molar-refractivity contribution in [2.75, 3.05) is 20.3 Å². The van der Waals surface area contributed by atoms with E-state index >= 15 is 0 Å². The Balaban J connectivity index is 2.51. The average Bonchev–Trinajstić information content (AvgIpc) is 2.99. The first-order valence-electron chi connectivity index (χ1n) is 6.03. The van der Waals surface area contributed by atoms with Gasteiger partial charge in [0.05, 0.1) is 19.3 Å². The molecular weight excluding hydrogens is 244 g/mol. The van der Waals surface area contributed by atoms with Crippen molar-refractivity contribution in [3.8, 4) is 0 Å². The second-order valence-electron chi connectivity index (χ2n) is 4.63. The SMILES string of the molecule is CCCCOS(=O)(=O)C1(C[C@H](O)COC)CC1. The smallest absolute Gasteiger partial charge is 0.273 e. The molecule has 5 nitrogen and oxygen atoms in total. The first-order valence-corrected chi connectivity index (χ1v) is 7.44. The predicted octanol–water partition coefficient (Wildman–Crippen LogP) is 1.06. The van der Waals surface area contributed by atoms with E-state index in [0.717, 1.165) is 12.8 Å². The van der Waals surface area contributed by atoms with Gasteiger partial charge in [-0.2, -0.15) is 8.42 Å². The minimum atomic E-state index is -3.55. The number of ether oxygens (including phenoxy) is 1. The first kappa shape index (κ1) is 14.9. The Morgan fingerprint density at radius 2 is 2.06 bits per heavy atom. The fourth-order valence-corrected chi connectivity index (χ4v) is 3.40. The molecule has 0 aromatic heterocycles. The lowest BCUT2D eigenvalue weighted by molar-refractivity contribution is 0.0566. The Hall–Kier alpha value is -0.170. The Morgan fingerprint density at radius 3 is 2.53 bits per heavy atom. The minimum absolute atomic E-state index is 0.159. The van der Waals surface area contributed by atoms with Crippen molar-refractivity contribution in [1.29, 1.82) is 0 Å². The molecule has 1 rings (SSSR count). The van der Waals surface area contributed by atoms with E-state index in [0.29, 0.717) is 12.8 Å². The van der Waals surface area contributed by atoms with Crippen molar-refractivity contribution in [2.24, 2.45) is 0 Å². The van der Waals surface area contributed by atoms with Gasteiger partial charge in [0.2, 0.25) is 0 Å². The molecule has 0 aromatic carbocycles. The van der Waals surface area contributed by atoms with Crippen LogP contribution in [-0.4, -0.2) is 44.7 Å². The molecule has 1 aliphatic carbocycles. The van der Waals surface area contributed by atoms with Crippen LogP contribution < -0.4 is 0 Å². The van der Waals surface area contributed by atoms with Crippen LogP contribution in [0.1, 0.15) is 39.0 Å². The summed E-state index contributed by atoms with van der Waals surface area (Å²) in [5.41, 5.74) is 0. The van der Waals surface area contributed by atoms with E-state index in [1.54, 1.807) is 0 Å². The molecule has 0 radical (unpaired) electrons. The molecule has 102 valence electrons. The number of hydrogen-bond acceptors (Lipinski definition) is 5. The molecule has 0 saturated heterocycles. The van der Waals surface area contributed by atoms with Crippen LogP contribution in [0.15, 0.2) is 0 Å². The van der Waals surface area contributed by atoms with Gasteiger partial charge in [-0.3, -0.25) is 4.18 Å². The fraction of sp³-hybridized carbons (Fsp3) is 1.00. The highest BCUT2D eigenvalue weighted by atomic mass is 32.2. The number of unbranched alkanes of at least 4 members (excludes halogenated alkanes) is 1. The van der Waals surface area contributed by atoms with E-state index in [-0.39, 0.29) is 19.6 Å². The van der Waals surface area contributed by atoms with E-state index < -0.39 is 21.0 Å². The summed E-state index contributed by atoms with van der Waals surface area (Å²) >= 11 is 0. The van der Waals surface area contributed by atoms with Crippen molar-refractivity contribution in [1.82, 2.24) is 0 Å². The maximum atomic E-state index is 12.0. The van der Waals surface area contributed by atoms with Crippen LogP contribution in [0.2, 0.25) is 0 Å². The molecule has 1 N–H and O–H groups in total. The maximum Gasteiger partial charge on any atom is 0.273 e. The predicted molar refractivity (Wildman–Crippen MR) is 64.2 cm³/mol. The lowest BCUT2D eigenvalue weighted by Gasteiger charge is -2.19. The summed E-state index contributed by atoms with van der Waals surface area (Å²) in [6.45, 7) is 2.37. The van der Waals surface area contributed by atoms with Gasteiger partial charge in [-0.1, -0.05) is 13.3 Å². The van der Waals surface area contributed by atoms with Crippen LogP contribution in [0.4, 0.5) is 0 Å². The minimum Gasteiger partial charge on any atom is -0.391 e. The van der Waals surface area contributed by atoms with Gasteiger partial charge in [-0.05, 0) is 25.7 Å². The molecule has 0 aliphatic heterocycles. The Bertz CT molecular complexity index is 321. The van der Waals surface area contributed by atoms with Gasteiger partial charge < -0.3 is 9.84 Å². The lowest BCUT2D eigenvalue weighted by Crippen LogP contribution is -2.32. The molecule has 17 heavy (non-hydrogen) atoms. The number of aliphatic hydroxyl groups is 1. The maximum absolute atomic E-state index is 12.0. The van der Waals surface area contributed by atoms with Crippen molar-refractivity contribution in [3.63, 3.8) is 0 Å². The highest BCUT2D eigenvalue weighted by molar-refractivity contribution is 7.88. The molecule has 1 fully saturated rings. The molecule has 0 heterocycles. The van der Waals surface area contributed by atoms with E-state index in [1.165, 1.54) is 7.11 Å². The van der Waals surface area contributed by atoms with Crippen molar-refractivity contribution >= 4 is 10.1 Å². The molecule has 1 aliphatic rings. The van der Waals surface area contributed by atoms with Crippen molar-refractivity contribution in [3.05, 3.63) is 0 Å². The third-order valence-electron chi connectivity index (χ3n) is 3.04. The van der Waals surface area contributed by atoms with Crippen molar-refractivity contribution in [2.45, 2.75) is 49.9 Å². The van der Waals surface area contributed by atoms with Gasteiger partial charge in [0, 0.05) is 7.11 Å². The van der Waals surface area contributed by atoms with Crippen molar-refractivity contribution < 1.29 is 22.4 Å². The van der Waals surface area contributed by atoms with E-state index in [2.05, 4.69) is 0 Å². The number of aliphatic hydroxyl groups excluding tert-OH is 1. The third-order valence-corrected chi connectivity index (χ3v) is 5.15. The van der Waals surface area contributed by atoms with Gasteiger partial charge >= 0.3 is 0 Å². The van der Waals surface area contributed by atoms with Gasteiger partial charge in [0.25, 0.3) is 10.1 Å². The average molecular weight is 266 g/mol. The van der Waals surface area contributed by atoms with Gasteiger partial charge in [-0.25, -0.2) is 0 Å². The molecule has 0 aromatic rings. The van der Waals surface area contributed by atoms with E-state index in [4.69, 9.17) is 8.92 Å².